The van der Waals surface area contributed by atoms with Crippen molar-refractivity contribution in [2.24, 2.45) is 5.41 Å². The molecule has 2 N–H and O–H groups in total. The smallest absolute Gasteiger partial charge is 0.406 e. The minimum Gasteiger partial charge on any atom is -0.480 e. The van der Waals surface area contributed by atoms with Gasteiger partial charge in [0.2, 0.25) is 0 Å². The van der Waals surface area contributed by atoms with Crippen LogP contribution in [0.1, 0.15) is 33.6 Å². The Labute approximate surface area is 115 Å². The second-order valence-corrected chi connectivity index (χ2v) is 6.06. The molecule has 0 bridgehead atoms. The van der Waals surface area contributed by atoms with Crippen molar-refractivity contribution >= 4 is 12.0 Å². The van der Waals surface area contributed by atoms with Gasteiger partial charge in [0.05, 0.1) is 0 Å². The van der Waals surface area contributed by atoms with Crippen LogP contribution >= 0.6 is 0 Å². The number of carbonyl (C=O) groups excluding carboxylic acids is 1. The molecule has 1 saturated carbocycles. The summed E-state index contributed by atoms with van der Waals surface area (Å²) in [6.07, 6.45) is -3.48. The molecule has 1 fully saturated rings. The number of hydrogen-bond donors (Lipinski definition) is 2. The number of nitrogens with zero attached hydrogens (tertiary/aromatic N) is 1. The summed E-state index contributed by atoms with van der Waals surface area (Å²) in [5.74, 6) is -1.27. The fraction of sp³-hybridized carbons (Fsp3) is 0.833. The van der Waals surface area contributed by atoms with Gasteiger partial charge >= 0.3 is 18.2 Å². The van der Waals surface area contributed by atoms with Crippen LogP contribution in [-0.4, -0.2) is 46.8 Å². The summed E-state index contributed by atoms with van der Waals surface area (Å²) in [5, 5.41) is 11.3. The lowest BCUT2D eigenvalue weighted by Gasteiger charge is -2.31. The Morgan fingerprint density at radius 1 is 1.30 bits per heavy atom. The highest BCUT2D eigenvalue weighted by molar-refractivity contribution is 5.83. The first-order valence-electron chi connectivity index (χ1n) is 6.28. The van der Waals surface area contributed by atoms with E-state index in [1.807, 2.05) is 0 Å². The van der Waals surface area contributed by atoms with E-state index in [9.17, 15) is 22.8 Å². The number of hydrogen-bond acceptors (Lipinski definition) is 2. The molecule has 1 rings (SSSR count). The summed E-state index contributed by atoms with van der Waals surface area (Å²) in [6, 6.07) is -2.68. The minimum atomic E-state index is -4.50. The summed E-state index contributed by atoms with van der Waals surface area (Å²) in [7, 11) is 0. The largest absolute Gasteiger partial charge is 0.480 e. The van der Waals surface area contributed by atoms with Gasteiger partial charge in [-0.15, -0.1) is 0 Å². The van der Waals surface area contributed by atoms with Crippen LogP contribution in [0.4, 0.5) is 18.0 Å². The van der Waals surface area contributed by atoms with Crippen LogP contribution in [0.5, 0.6) is 0 Å². The van der Waals surface area contributed by atoms with Gasteiger partial charge in [0.1, 0.15) is 12.6 Å². The Morgan fingerprint density at radius 3 is 2.10 bits per heavy atom. The molecular formula is C12H19F3N2O3. The van der Waals surface area contributed by atoms with Crippen molar-refractivity contribution in [3.8, 4) is 0 Å². The number of amides is 2. The maximum absolute atomic E-state index is 12.4. The van der Waals surface area contributed by atoms with E-state index in [-0.39, 0.29) is 0 Å². The highest BCUT2D eigenvalue weighted by Crippen LogP contribution is 2.30. The summed E-state index contributed by atoms with van der Waals surface area (Å²) in [5.41, 5.74) is -0.797. The average Bonchev–Trinajstić information content (AvgIpc) is 3.02. The van der Waals surface area contributed by atoms with Crippen LogP contribution in [0.3, 0.4) is 0 Å². The van der Waals surface area contributed by atoms with Crippen molar-refractivity contribution in [1.29, 1.82) is 0 Å². The molecule has 116 valence electrons. The number of carboxylic acid groups (broad SMARTS) is 1. The van der Waals surface area contributed by atoms with Gasteiger partial charge in [0.15, 0.2) is 0 Å². The Kier molecular flexibility index (Phi) is 4.55. The number of halogens is 3. The first kappa shape index (κ1) is 16.6. The summed E-state index contributed by atoms with van der Waals surface area (Å²) in [4.78, 5) is 23.7. The Hall–Kier alpha value is -1.47. The molecule has 1 unspecified atom stereocenters. The molecule has 0 aromatic carbocycles. The maximum Gasteiger partial charge on any atom is 0.406 e. The van der Waals surface area contributed by atoms with Crippen LogP contribution in [0, 0.1) is 5.41 Å². The molecular weight excluding hydrogens is 277 g/mol. The van der Waals surface area contributed by atoms with Gasteiger partial charge < -0.3 is 15.3 Å². The zero-order valence-electron chi connectivity index (χ0n) is 11.6. The fourth-order valence-corrected chi connectivity index (χ4v) is 1.80. The average molecular weight is 296 g/mol. The molecule has 0 saturated heterocycles. The summed E-state index contributed by atoms with van der Waals surface area (Å²) >= 11 is 0. The van der Waals surface area contributed by atoms with Gasteiger partial charge in [-0.05, 0) is 18.3 Å². The highest BCUT2D eigenvalue weighted by Gasteiger charge is 2.42. The van der Waals surface area contributed by atoms with E-state index < -0.39 is 42.2 Å². The van der Waals surface area contributed by atoms with Gasteiger partial charge in [-0.3, -0.25) is 0 Å². The van der Waals surface area contributed by atoms with Gasteiger partial charge in [-0.1, -0.05) is 20.8 Å². The molecule has 2 amide bonds. The lowest BCUT2D eigenvalue weighted by Crippen LogP contribution is -2.55. The standard InChI is InChI=1S/C12H19F3N2O3/c1-11(2,3)8(9(18)19)16-10(20)17(7-4-5-7)6-12(13,14)15/h7-8H,4-6H2,1-3H3,(H,16,20)(H,18,19). The minimum absolute atomic E-state index is 0.453. The fourth-order valence-electron chi connectivity index (χ4n) is 1.80. The normalized spacial score (nSPS) is 17.5. The molecule has 0 aromatic rings. The van der Waals surface area contributed by atoms with E-state index in [0.29, 0.717) is 17.7 Å². The molecule has 0 aliphatic heterocycles. The quantitative estimate of drug-likeness (QED) is 0.835. The van der Waals surface area contributed by atoms with Crippen molar-refractivity contribution < 1.29 is 27.9 Å². The van der Waals surface area contributed by atoms with Crippen molar-refractivity contribution in [3.63, 3.8) is 0 Å². The molecule has 0 aromatic heterocycles. The second kappa shape index (κ2) is 5.49. The molecule has 0 spiro atoms. The number of nitrogens with one attached hydrogen (secondary N) is 1. The molecule has 5 nitrogen and oxygen atoms in total. The molecule has 20 heavy (non-hydrogen) atoms. The first-order chi connectivity index (χ1) is 8.92. The Morgan fingerprint density at radius 2 is 1.80 bits per heavy atom. The van der Waals surface area contributed by atoms with Crippen LogP contribution in [0.25, 0.3) is 0 Å². The molecule has 0 heterocycles. The number of alkyl halides is 3. The van der Waals surface area contributed by atoms with Gasteiger partial charge in [-0.2, -0.15) is 13.2 Å². The van der Waals surface area contributed by atoms with Gasteiger partial charge in [-0.25, -0.2) is 9.59 Å². The number of rotatable bonds is 4. The molecule has 8 heteroatoms. The zero-order chi connectivity index (χ0) is 15.7. The second-order valence-electron chi connectivity index (χ2n) is 6.06. The van der Waals surface area contributed by atoms with E-state index in [1.54, 1.807) is 20.8 Å². The van der Waals surface area contributed by atoms with E-state index in [0.717, 1.165) is 0 Å². The summed E-state index contributed by atoms with van der Waals surface area (Å²) in [6.45, 7) is 3.42. The van der Waals surface area contributed by atoms with Crippen LogP contribution < -0.4 is 5.32 Å². The van der Waals surface area contributed by atoms with Crippen LogP contribution in [0.2, 0.25) is 0 Å². The van der Waals surface area contributed by atoms with Gasteiger partial charge in [0.25, 0.3) is 0 Å². The number of aliphatic carboxylic acids is 1. The lowest BCUT2D eigenvalue weighted by molar-refractivity contribution is -0.143. The molecule has 1 aliphatic rings. The number of carbonyl (C=O) groups is 2. The predicted molar refractivity (Wildman–Crippen MR) is 65.2 cm³/mol. The third-order valence-corrected chi connectivity index (χ3v) is 2.98. The maximum atomic E-state index is 12.4. The van der Waals surface area contributed by atoms with E-state index in [1.165, 1.54) is 0 Å². The number of urea groups is 1. The first-order valence-corrected chi connectivity index (χ1v) is 6.28. The lowest BCUT2D eigenvalue weighted by atomic mass is 9.87. The Bertz CT molecular complexity index is 386. The van der Waals surface area contributed by atoms with Crippen molar-refractivity contribution in [1.82, 2.24) is 10.2 Å². The van der Waals surface area contributed by atoms with E-state index in [4.69, 9.17) is 5.11 Å². The van der Waals surface area contributed by atoms with Crippen molar-refractivity contribution in [2.45, 2.75) is 51.9 Å². The summed E-state index contributed by atoms with van der Waals surface area (Å²) < 4.78 is 37.3. The van der Waals surface area contributed by atoms with E-state index >= 15 is 0 Å². The molecule has 0 radical (unpaired) electrons. The monoisotopic (exact) mass is 296 g/mol. The third-order valence-electron chi connectivity index (χ3n) is 2.98. The Balaban J connectivity index is 2.77. The molecule has 1 aliphatic carbocycles. The SMILES string of the molecule is CC(C)(C)C(NC(=O)N(CC(F)(F)F)C1CC1)C(=O)O. The van der Waals surface area contributed by atoms with Crippen molar-refractivity contribution in [2.75, 3.05) is 6.54 Å². The predicted octanol–water partition coefficient (Wildman–Crippen LogP) is 2.22. The van der Waals surface area contributed by atoms with Crippen LogP contribution in [0.15, 0.2) is 0 Å². The van der Waals surface area contributed by atoms with Crippen LogP contribution in [-0.2, 0) is 4.79 Å². The number of carboxylic acids is 1. The van der Waals surface area contributed by atoms with E-state index in [2.05, 4.69) is 5.32 Å². The zero-order valence-corrected chi connectivity index (χ0v) is 11.6. The van der Waals surface area contributed by atoms with Gasteiger partial charge in [0, 0.05) is 6.04 Å². The molecule has 1 atom stereocenters. The highest BCUT2D eigenvalue weighted by atomic mass is 19.4. The topological polar surface area (TPSA) is 69.6 Å². The van der Waals surface area contributed by atoms with Crippen molar-refractivity contribution in [3.05, 3.63) is 0 Å². The third kappa shape index (κ3) is 4.90.